The maximum absolute atomic E-state index is 13.7. The molecule has 1 saturated carbocycles. The van der Waals surface area contributed by atoms with Gasteiger partial charge in [-0.2, -0.15) is 5.10 Å². The van der Waals surface area contributed by atoms with Crippen LogP contribution in [0.2, 0.25) is 0 Å². The van der Waals surface area contributed by atoms with E-state index in [-0.39, 0.29) is 6.04 Å². The number of benzene rings is 2. The highest BCUT2D eigenvalue weighted by Crippen LogP contribution is 2.42. The van der Waals surface area contributed by atoms with Gasteiger partial charge in [-0.05, 0) is 55.2 Å². The number of alkyl halides is 1. The second-order valence-electron chi connectivity index (χ2n) is 10.3. The Bertz CT molecular complexity index is 1530. The molecule has 0 bridgehead atoms. The second-order valence-corrected chi connectivity index (χ2v) is 10.3. The van der Waals surface area contributed by atoms with Crippen LogP contribution in [0.3, 0.4) is 0 Å². The van der Waals surface area contributed by atoms with E-state index < -0.39 is 6.17 Å². The summed E-state index contributed by atoms with van der Waals surface area (Å²) < 4.78 is 15.9. The molecule has 0 amide bonds. The zero-order valence-corrected chi connectivity index (χ0v) is 20.6. The maximum atomic E-state index is 13.7. The van der Waals surface area contributed by atoms with Crippen molar-refractivity contribution in [1.29, 1.82) is 0 Å². The van der Waals surface area contributed by atoms with E-state index >= 15 is 0 Å². The van der Waals surface area contributed by atoms with E-state index in [0.717, 1.165) is 64.1 Å². The first kappa shape index (κ1) is 22.2. The van der Waals surface area contributed by atoms with Crippen molar-refractivity contribution in [2.45, 2.75) is 37.5 Å². The van der Waals surface area contributed by atoms with Gasteiger partial charge in [-0.25, -0.2) is 9.37 Å². The normalized spacial score (nSPS) is 23.4. The summed E-state index contributed by atoms with van der Waals surface area (Å²) in [4.78, 5) is 8.79. The van der Waals surface area contributed by atoms with Gasteiger partial charge in [0, 0.05) is 54.0 Å². The second kappa shape index (κ2) is 8.56. The van der Waals surface area contributed by atoms with Crippen LogP contribution in [-0.2, 0) is 0 Å². The third kappa shape index (κ3) is 3.64. The first-order valence-corrected chi connectivity index (χ1v) is 12.9. The molecule has 1 saturated heterocycles. The third-order valence-corrected chi connectivity index (χ3v) is 8.13. The van der Waals surface area contributed by atoms with Crippen LogP contribution in [-0.4, -0.2) is 45.0 Å². The molecule has 37 heavy (non-hydrogen) atoms. The third-order valence-electron chi connectivity index (χ3n) is 8.13. The summed E-state index contributed by atoms with van der Waals surface area (Å²) in [6.45, 7) is 5.83. The minimum Gasteiger partial charge on any atom is -0.383 e. The topological polar surface area (TPSA) is 63.2 Å². The standard InChI is InChI=1S/C30H29FN6/c1-19-26-15-21(8-7-20(26)10-14-36(19)23-5-3-2-4-6-23)29-28-27(9-12-33-30(28)32)37(34-29)25-16-24(17-25)35-13-11-22(31)18-35/h2-10,12,14-15,22,24-25H,1,11,13,16-18H2,(H2,32,33). The Hall–Kier alpha value is -3.97. The number of anilines is 2. The molecule has 1 atom stereocenters. The van der Waals surface area contributed by atoms with Gasteiger partial charge in [-0.15, -0.1) is 0 Å². The molecule has 2 aromatic carbocycles. The molecule has 6 nitrogen and oxygen atoms in total. The van der Waals surface area contributed by atoms with E-state index in [4.69, 9.17) is 10.8 Å². The number of hydrogen-bond acceptors (Lipinski definition) is 5. The molecule has 7 heteroatoms. The van der Waals surface area contributed by atoms with Crippen LogP contribution in [0.15, 0.2) is 73.6 Å². The van der Waals surface area contributed by atoms with E-state index in [1.807, 2.05) is 24.3 Å². The van der Waals surface area contributed by atoms with E-state index in [2.05, 4.69) is 68.7 Å². The Morgan fingerprint density at radius 1 is 1.03 bits per heavy atom. The van der Waals surface area contributed by atoms with Gasteiger partial charge in [0.25, 0.3) is 0 Å². The Labute approximate surface area is 215 Å². The lowest BCUT2D eigenvalue weighted by molar-refractivity contribution is 0.0947. The SMILES string of the molecule is C=C1c2cc(-c3nn(C4CC(N5CCC(F)C5)C4)c4ccnc(N)c34)ccc2C=CN1c1ccccc1. The molecular weight excluding hydrogens is 463 g/mol. The van der Waals surface area contributed by atoms with Gasteiger partial charge in [0.15, 0.2) is 0 Å². The largest absolute Gasteiger partial charge is 0.383 e. The molecule has 2 fully saturated rings. The monoisotopic (exact) mass is 492 g/mol. The van der Waals surface area contributed by atoms with Gasteiger partial charge in [0.1, 0.15) is 17.7 Å². The number of halogens is 1. The minimum absolute atomic E-state index is 0.269. The van der Waals surface area contributed by atoms with Gasteiger partial charge in [-0.1, -0.05) is 36.9 Å². The zero-order valence-electron chi connectivity index (χ0n) is 20.6. The molecule has 0 radical (unpaired) electrons. The van der Waals surface area contributed by atoms with Crippen molar-refractivity contribution in [1.82, 2.24) is 19.7 Å². The van der Waals surface area contributed by atoms with E-state index in [0.29, 0.717) is 24.8 Å². The molecule has 186 valence electrons. The number of aromatic nitrogens is 3. The average Bonchev–Trinajstić information content (AvgIpc) is 3.49. The summed E-state index contributed by atoms with van der Waals surface area (Å²) in [6, 6.07) is 19.3. The molecule has 4 heterocycles. The van der Waals surface area contributed by atoms with Crippen molar-refractivity contribution in [2.75, 3.05) is 23.7 Å². The number of pyridine rings is 1. The van der Waals surface area contributed by atoms with Crippen molar-refractivity contribution >= 4 is 34.2 Å². The molecule has 2 N–H and O–H groups in total. The number of rotatable bonds is 4. The summed E-state index contributed by atoms with van der Waals surface area (Å²) in [5.74, 6) is 0.483. The number of fused-ring (bicyclic) bond motifs is 2. The summed E-state index contributed by atoms with van der Waals surface area (Å²) >= 11 is 0. The van der Waals surface area contributed by atoms with Gasteiger partial charge in [0.2, 0.25) is 0 Å². The number of nitrogens with two attached hydrogens (primary N) is 1. The van der Waals surface area contributed by atoms with Crippen molar-refractivity contribution < 1.29 is 4.39 Å². The van der Waals surface area contributed by atoms with Crippen LogP contribution in [0.5, 0.6) is 0 Å². The lowest BCUT2D eigenvalue weighted by Gasteiger charge is -2.41. The van der Waals surface area contributed by atoms with E-state index in [1.165, 1.54) is 0 Å². The minimum atomic E-state index is -0.687. The Morgan fingerprint density at radius 3 is 2.65 bits per heavy atom. The van der Waals surface area contributed by atoms with Gasteiger partial charge in [0.05, 0.1) is 16.9 Å². The number of nitrogens with zero attached hydrogens (tertiary/aromatic N) is 5. The molecule has 1 aliphatic carbocycles. The number of likely N-dealkylation sites (tertiary alicyclic amines) is 1. The highest BCUT2D eigenvalue weighted by atomic mass is 19.1. The van der Waals surface area contributed by atoms with Crippen molar-refractivity contribution in [3.8, 4) is 11.3 Å². The lowest BCUT2D eigenvalue weighted by atomic mass is 9.85. The highest BCUT2D eigenvalue weighted by Gasteiger charge is 2.39. The quantitative estimate of drug-likeness (QED) is 0.385. The van der Waals surface area contributed by atoms with Gasteiger partial charge in [-0.3, -0.25) is 9.58 Å². The number of nitrogen functional groups attached to an aromatic ring is 1. The van der Waals surface area contributed by atoms with Crippen LogP contribution in [0.4, 0.5) is 15.9 Å². The summed E-state index contributed by atoms with van der Waals surface area (Å²) in [7, 11) is 0. The lowest BCUT2D eigenvalue weighted by Crippen LogP contribution is -2.44. The zero-order chi connectivity index (χ0) is 25.1. The van der Waals surface area contributed by atoms with Crippen molar-refractivity contribution in [3.63, 3.8) is 0 Å². The maximum Gasteiger partial charge on any atom is 0.135 e. The predicted molar refractivity (Wildman–Crippen MR) is 148 cm³/mol. The summed E-state index contributed by atoms with van der Waals surface area (Å²) in [5, 5.41) is 5.99. The molecule has 2 aliphatic heterocycles. The van der Waals surface area contributed by atoms with Crippen molar-refractivity contribution in [2.24, 2.45) is 0 Å². The summed E-state index contributed by atoms with van der Waals surface area (Å²) in [6.07, 6.45) is 7.84. The number of para-hydroxylation sites is 1. The van der Waals surface area contributed by atoms with Gasteiger partial charge < -0.3 is 10.6 Å². The van der Waals surface area contributed by atoms with Crippen LogP contribution in [0, 0.1) is 0 Å². The van der Waals surface area contributed by atoms with Crippen LogP contribution >= 0.6 is 0 Å². The van der Waals surface area contributed by atoms with Crippen LogP contribution in [0.1, 0.15) is 36.4 Å². The first-order valence-electron chi connectivity index (χ1n) is 12.9. The Balaban J connectivity index is 1.24. The molecular formula is C30H29FN6. The fraction of sp³-hybridized carbons (Fsp3) is 0.267. The van der Waals surface area contributed by atoms with E-state index in [9.17, 15) is 4.39 Å². The Morgan fingerprint density at radius 2 is 1.86 bits per heavy atom. The smallest absolute Gasteiger partial charge is 0.135 e. The fourth-order valence-corrected chi connectivity index (χ4v) is 6.03. The number of hydrogen-bond donors (Lipinski definition) is 1. The molecule has 3 aliphatic rings. The molecule has 4 aromatic rings. The molecule has 0 spiro atoms. The van der Waals surface area contributed by atoms with Crippen LogP contribution < -0.4 is 10.6 Å². The van der Waals surface area contributed by atoms with Gasteiger partial charge >= 0.3 is 0 Å². The Kier molecular flexibility index (Phi) is 5.15. The molecule has 1 unspecified atom stereocenters. The summed E-state index contributed by atoms with van der Waals surface area (Å²) in [5.41, 5.74) is 13.4. The predicted octanol–water partition coefficient (Wildman–Crippen LogP) is 5.89. The molecule has 2 aromatic heterocycles. The fourth-order valence-electron chi connectivity index (χ4n) is 6.03. The van der Waals surface area contributed by atoms with E-state index in [1.54, 1.807) is 6.20 Å². The average molecular weight is 493 g/mol. The molecule has 7 rings (SSSR count). The highest BCUT2D eigenvalue weighted by molar-refractivity contribution is 6.01. The first-order chi connectivity index (χ1) is 18.1. The van der Waals surface area contributed by atoms with Crippen molar-refractivity contribution in [3.05, 3.63) is 84.7 Å². The van der Waals surface area contributed by atoms with Crippen LogP contribution in [0.25, 0.3) is 33.9 Å².